The highest BCUT2D eigenvalue weighted by Gasteiger charge is 2.23. The van der Waals surface area contributed by atoms with Crippen molar-refractivity contribution in [3.05, 3.63) is 60.2 Å². The van der Waals surface area contributed by atoms with Crippen molar-refractivity contribution >= 4 is 19.6 Å². The lowest BCUT2D eigenvalue weighted by atomic mass is 9.94. The largest absolute Gasteiger partial charge is 0.390 e. The number of rotatable bonds is 4. The van der Waals surface area contributed by atoms with Gasteiger partial charge in [-0.2, -0.15) is 0 Å². The lowest BCUT2D eigenvalue weighted by Crippen LogP contribution is -2.22. The SMILES string of the molecule is CPn1c(-c2ccccc2)c(CC(C)(C)O)c2ccccc21. The average molecular weight is 311 g/mol. The van der Waals surface area contributed by atoms with Crippen molar-refractivity contribution in [1.82, 2.24) is 4.34 Å². The lowest BCUT2D eigenvalue weighted by molar-refractivity contribution is 0.0814. The number of nitrogens with zero attached hydrogens (tertiary/aromatic N) is 1. The van der Waals surface area contributed by atoms with E-state index in [1.807, 2.05) is 19.9 Å². The zero-order valence-electron chi connectivity index (χ0n) is 13.3. The lowest BCUT2D eigenvalue weighted by Gasteiger charge is -2.18. The zero-order chi connectivity index (χ0) is 15.7. The molecule has 1 aromatic heterocycles. The monoisotopic (exact) mass is 311 g/mol. The molecule has 2 nitrogen and oxygen atoms in total. The quantitative estimate of drug-likeness (QED) is 0.695. The van der Waals surface area contributed by atoms with Gasteiger partial charge < -0.3 is 9.44 Å². The van der Waals surface area contributed by atoms with Gasteiger partial charge >= 0.3 is 0 Å². The van der Waals surface area contributed by atoms with E-state index in [1.165, 1.54) is 27.7 Å². The van der Waals surface area contributed by atoms with Crippen LogP contribution < -0.4 is 0 Å². The molecule has 114 valence electrons. The van der Waals surface area contributed by atoms with Crippen molar-refractivity contribution in [3.63, 3.8) is 0 Å². The van der Waals surface area contributed by atoms with Crippen LogP contribution in [0.4, 0.5) is 0 Å². The van der Waals surface area contributed by atoms with Crippen molar-refractivity contribution < 1.29 is 5.11 Å². The van der Waals surface area contributed by atoms with Gasteiger partial charge in [-0.15, -0.1) is 0 Å². The highest BCUT2D eigenvalue weighted by atomic mass is 31.1. The van der Waals surface area contributed by atoms with Gasteiger partial charge in [-0.3, -0.25) is 0 Å². The Morgan fingerprint density at radius 2 is 1.64 bits per heavy atom. The van der Waals surface area contributed by atoms with Crippen molar-refractivity contribution in [2.45, 2.75) is 25.9 Å². The van der Waals surface area contributed by atoms with Gasteiger partial charge in [0, 0.05) is 11.8 Å². The first-order valence-electron chi connectivity index (χ1n) is 7.59. The molecule has 3 rings (SSSR count). The number of hydrogen-bond donors (Lipinski definition) is 1. The summed E-state index contributed by atoms with van der Waals surface area (Å²) >= 11 is 0. The minimum atomic E-state index is -0.727. The predicted molar refractivity (Wildman–Crippen MR) is 97.0 cm³/mol. The van der Waals surface area contributed by atoms with Gasteiger partial charge in [0.1, 0.15) is 0 Å². The second-order valence-electron chi connectivity index (χ2n) is 6.26. The maximum Gasteiger partial charge on any atom is 0.0632 e. The Labute approximate surface area is 133 Å². The molecule has 0 fully saturated rings. The van der Waals surface area contributed by atoms with E-state index in [2.05, 4.69) is 59.5 Å². The van der Waals surface area contributed by atoms with Gasteiger partial charge in [-0.05, 0) is 46.4 Å². The van der Waals surface area contributed by atoms with E-state index in [0.29, 0.717) is 15.2 Å². The number of aromatic nitrogens is 1. The van der Waals surface area contributed by atoms with Gasteiger partial charge in [0.05, 0.1) is 16.8 Å². The smallest absolute Gasteiger partial charge is 0.0632 e. The molecule has 0 spiro atoms. The van der Waals surface area contributed by atoms with E-state index >= 15 is 0 Å². The third kappa shape index (κ3) is 2.82. The van der Waals surface area contributed by atoms with E-state index in [0.717, 1.165) is 0 Å². The van der Waals surface area contributed by atoms with Crippen LogP contribution in [0.1, 0.15) is 19.4 Å². The molecule has 0 aliphatic heterocycles. The molecule has 1 atom stereocenters. The van der Waals surface area contributed by atoms with Crippen molar-refractivity contribution in [2.24, 2.45) is 0 Å². The average Bonchev–Trinajstić information content (AvgIpc) is 2.80. The minimum Gasteiger partial charge on any atom is -0.390 e. The van der Waals surface area contributed by atoms with Gasteiger partial charge in [0.25, 0.3) is 0 Å². The predicted octanol–water partition coefficient (Wildman–Crippen LogP) is 4.69. The first-order chi connectivity index (χ1) is 10.5. The van der Waals surface area contributed by atoms with Crippen LogP contribution in [0, 0.1) is 0 Å². The normalized spacial score (nSPS) is 12.5. The molecule has 22 heavy (non-hydrogen) atoms. The Hall–Kier alpha value is -1.63. The Balaban J connectivity index is 2.34. The number of hydrogen-bond acceptors (Lipinski definition) is 1. The molecule has 0 saturated heterocycles. The first-order valence-corrected chi connectivity index (χ1v) is 9.04. The third-order valence-electron chi connectivity index (χ3n) is 3.86. The summed E-state index contributed by atoms with van der Waals surface area (Å²) in [7, 11) is 0.651. The van der Waals surface area contributed by atoms with E-state index in [1.54, 1.807) is 0 Å². The van der Waals surface area contributed by atoms with Crippen molar-refractivity contribution in [1.29, 1.82) is 0 Å². The first kappa shape index (κ1) is 15.3. The van der Waals surface area contributed by atoms with Crippen LogP contribution >= 0.6 is 8.73 Å². The Kier molecular flexibility index (Phi) is 4.08. The van der Waals surface area contributed by atoms with Gasteiger partial charge in [-0.25, -0.2) is 0 Å². The minimum absolute atomic E-state index is 0.648. The maximum absolute atomic E-state index is 10.4. The summed E-state index contributed by atoms with van der Waals surface area (Å²) in [5.41, 5.74) is 4.22. The van der Waals surface area contributed by atoms with Gasteiger partial charge in [0.15, 0.2) is 0 Å². The molecule has 3 aromatic rings. The number of para-hydroxylation sites is 1. The molecular formula is C19H22NOP. The zero-order valence-corrected chi connectivity index (χ0v) is 14.3. The van der Waals surface area contributed by atoms with Gasteiger partial charge in [0.2, 0.25) is 0 Å². The number of fused-ring (bicyclic) bond motifs is 1. The van der Waals surface area contributed by atoms with Gasteiger partial charge in [-0.1, -0.05) is 48.5 Å². The fraction of sp³-hybridized carbons (Fsp3) is 0.263. The van der Waals surface area contributed by atoms with Crippen LogP contribution in [0.15, 0.2) is 54.6 Å². The molecule has 0 saturated carbocycles. The molecule has 3 heteroatoms. The standard InChI is InChI=1S/C19H22NOP/c1-19(2,21)13-16-15-11-7-8-12-17(15)20(22-3)18(16)14-9-5-4-6-10-14/h4-12,21-22H,13H2,1-3H3. The van der Waals surface area contributed by atoms with E-state index in [4.69, 9.17) is 0 Å². The topological polar surface area (TPSA) is 25.2 Å². The summed E-state index contributed by atoms with van der Waals surface area (Å²) in [4.78, 5) is 0. The summed E-state index contributed by atoms with van der Waals surface area (Å²) in [6.45, 7) is 5.96. The van der Waals surface area contributed by atoms with Crippen molar-refractivity contribution in [2.75, 3.05) is 6.66 Å². The molecule has 0 bridgehead atoms. The summed E-state index contributed by atoms with van der Waals surface area (Å²) in [5.74, 6) is 0. The molecule has 0 aliphatic rings. The summed E-state index contributed by atoms with van der Waals surface area (Å²) in [6.07, 6.45) is 0.648. The van der Waals surface area contributed by atoms with Crippen LogP contribution in [-0.2, 0) is 6.42 Å². The number of aliphatic hydroxyl groups is 1. The molecule has 2 aromatic carbocycles. The Morgan fingerprint density at radius 3 is 2.27 bits per heavy atom. The summed E-state index contributed by atoms with van der Waals surface area (Å²) < 4.78 is 2.38. The highest BCUT2D eigenvalue weighted by Crippen LogP contribution is 2.39. The summed E-state index contributed by atoms with van der Waals surface area (Å²) in [6, 6.07) is 19.0. The molecule has 1 unspecified atom stereocenters. The molecule has 1 N–H and O–H groups in total. The second-order valence-corrected chi connectivity index (χ2v) is 7.15. The Bertz CT molecular complexity index is 784. The summed E-state index contributed by atoms with van der Waals surface area (Å²) in [5, 5.41) is 11.6. The molecule has 0 aliphatic carbocycles. The van der Waals surface area contributed by atoms with E-state index < -0.39 is 5.60 Å². The van der Waals surface area contributed by atoms with Crippen LogP contribution in [0.5, 0.6) is 0 Å². The van der Waals surface area contributed by atoms with Crippen LogP contribution in [-0.4, -0.2) is 21.7 Å². The maximum atomic E-state index is 10.4. The van der Waals surface area contributed by atoms with E-state index in [9.17, 15) is 5.11 Å². The van der Waals surface area contributed by atoms with E-state index in [-0.39, 0.29) is 0 Å². The van der Waals surface area contributed by atoms with Crippen molar-refractivity contribution in [3.8, 4) is 11.3 Å². The van der Waals surface area contributed by atoms with Crippen LogP contribution in [0.2, 0.25) is 0 Å². The second kappa shape index (κ2) is 5.87. The van der Waals surface area contributed by atoms with Crippen LogP contribution in [0.25, 0.3) is 22.2 Å². The van der Waals surface area contributed by atoms with Crippen LogP contribution in [0.3, 0.4) is 0 Å². The third-order valence-corrected chi connectivity index (χ3v) is 4.77. The molecule has 0 radical (unpaired) electrons. The Morgan fingerprint density at radius 1 is 1.00 bits per heavy atom. The fourth-order valence-electron chi connectivity index (χ4n) is 3.05. The molecule has 0 amide bonds. The number of benzene rings is 2. The highest BCUT2D eigenvalue weighted by molar-refractivity contribution is 7.35. The molecule has 1 heterocycles. The fourth-order valence-corrected chi connectivity index (χ4v) is 3.97. The molecular weight excluding hydrogens is 289 g/mol.